The van der Waals surface area contributed by atoms with Crippen molar-refractivity contribution in [3.63, 3.8) is 0 Å². The van der Waals surface area contributed by atoms with Crippen LogP contribution in [0, 0.1) is 11.7 Å². The smallest absolute Gasteiger partial charge is 0.129 e. The number of hydrogen-bond acceptors (Lipinski definition) is 3. The molecular formula is C16H27FN2O. The van der Waals surface area contributed by atoms with Crippen LogP contribution in [0.5, 0.6) is 0 Å². The summed E-state index contributed by atoms with van der Waals surface area (Å²) in [4.78, 5) is 2.15. The molecule has 0 atom stereocenters. The van der Waals surface area contributed by atoms with Gasteiger partial charge in [-0.05, 0) is 31.5 Å². The molecule has 1 aromatic rings. The van der Waals surface area contributed by atoms with Gasteiger partial charge in [-0.2, -0.15) is 0 Å². The number of halogens is 1. The molecule has 4 heteroatoms. The van der Waals surface area contributed by atoms with Gasteiger partial charge in [0.05, 0.1) is 6.61 Å². The number of nitrogens with zero attached hydrogens (tertiary/aromatic N) is 1. The van der Waals surface area contributed by atoms with Crippen molar-refractivity contribution in [1.82, 2.24) is 5.32 Å². The Morgan fingerprint density at radius 1 is 1.35 bits per heavy atom. The molecule has 114 valence electrons. The minimum Gasteiger partial charge on any atom is -0.383 e. The van der Waals surface area contributed by atoms with E-state index in [0.29, 0.717) is 19.1 Å². The van der Waals surface area contributed by atoms with Crippen molar-refractivity contribution in [2.24, 2.45) is 5.92 Å². The maximum atomic E-state index is 14.1. The normalized spacial score (nSPS) is 11.1. The number of nitrogens with one attached hydrogen (secondary N) is 1. The molecular weight excluding hydrogens is 255 g/mol. The van der Waals surface area contributed by atoms with Crippen molar-refractivity contribution in [1.29, 1.82) is 0 Å². The first-order chi connectivity index (χ1) is 9.60. The van der Waals surface area contributed by atoms with Crippen LogP contribution in [0.4, 0.5) is 10.1 Å². The number of benzene rings is 1. The van der Waals surface area contributed by atoms with Crippen molar-refractivity contribution < 1.29 is 9.13 Å². The molecule has 0 aromatic heterocycles. The second-order valence-electron chi connectivity index (χ2n) is 5.33. The third-order valence-corrected chi connectivity index (χ3v) is 3.24. The lowest BCUT2D eigenvalue weighted by Crippen LogP contribution is -2.29. The van der Waals surface area contributed by atoms with Crippen LogP contribution in [-0.4, -0.2) is 33.4 Å². The van der Waals surface area contributed by atoms with Crippen LogP contribution in [0.1, 0.15) is 26.3 Å². The van der Waals surface area contributed by atoms with E-state index in [1.807, 2.05) is 6.07 Å². The van der Waals surface area contributed by atoms with Gasteiger partial charge in [0.15, 0.2) is 0 Å². The van der Waals surface area contributed by atoms with Gasteiger partial charge in [0.25, 0.3) is 0 Å². The van der Waals surface area contributed by atoms with E-state index in [1.54, 1.807) is 13.2 Å². The van der Waals surface area contributed by atoms with Crippen LogP contribution in [0.15, 0.2) is 18.2 Å². The SMILES string of the molecule is CCN(CCOC)c1cccc(F)c1CNCC(C)C. The lowest BCUT2D eigenvalue weighted by molar-refractivity contribution is 0.205. The van der Waals surface area contributed by atoms with Gasteiger partial charge < -0.3 is 15.0 Å². The van der Waals surface area contributed by atoms with Crippen molar-refractivity contribution >= 4 is 5.69 Å². The van der Waals surface area contributed by atoms with E-state index < -0.39 is 0 Å². The summed E-state index contributed by atoms with van der Waals surface area (Å²) >= 11 is 0. The zero-order chi connectivity index (χ0) is 15.0. The second kappa shape index (κ2) is 8.93. The molecule has 20 heavy (non-hydrogen) atoms. The minimum atomic E-state index is -0.144. The highest BCUT2D eigenvalue weighted by Gasteiger charge is 2.13. The van der Waals surface area contributed by atoms with Crippen molar-refractivity contribution in [3.8, 4) is 0 Å². The molecule has 0 heterocycles. The first-order valence-electron chi connectivity index (χ1n) is 7.32. The summed E-state index contributed by atoms with van der Waals surface area (Å²) in [6.45, 7) is 10.1. The van der Waals surface area contributed by atoms with Gasteiger partial charge in [0.2, 0.25) is 0 Å². The zero-order valence-electron chi connectivity index (χ0n) is 13.1. The first kappa shape index (κ1) is 16.9. The molecule has 1 aromatic carbocycles. The van der Waals surface area contributed by atoms with E-state index in [0.717, 1.165) is 30.9 Å². The molecule has 1 N–H and O–H groups in total. The van der Waals surface area contributed by atoms with Crippen LogP contribution < -0.4 is 10.2 Å². The first-order valence-corrected chi connectivity index (χ1v) is 7.32. The monoisotopic (exact) mass is 282 g/mol. The number of methoxy groups -OCH3 is 1. The molecule has 3 nitrogen and oxygen atoms in total. The standard InChI is InChI=1S/C16H27FN2O/c1-5-19(9-10-20-4)16-8-6-7-15(17)14(16)12-18-11-13(2)3/h6-8,13,18H,5,9-12H2,1-4H3. The Bertz CT molecular complexity index is 396. The van der Waals surface area contributed by atoms with Gasteiger partial charge in [0.1, 0.15) is 5.82 Å². The molecule has 0 amide bonds. The van der Waals surface area contributed by atoms with Crippen LogP contribution in [-0.2, 0) is 11.3 Å². The lowest BCUT2D eigenvalue weighted by Gasteiger charge is -2.26. The number of rotatable bonds is 9. The maximum Gasteiger partial charge on any atom is 0.129 e. The predicted molar refractivity (Wildman–Crippen MR) is 82.7 cm³/mol. The number of likely N-dealkylation sites (N-methyl/N-ethyl adjacent to an activating group) is 1. The average molecular weight is 282 g/mol. The van der Waals surface area contributed by atoms with E-state index in [1.165, 1.54) is 6.07 Å². The Morgan fingerprint density at radius 2 is 2.10 bits per heavy atom. The summed E-state index contributed by atoms with van der Waals surface area (Å²) in [5.74, 6) is 0.413. The molecule has 0 bridgehead atoms. The number of hydrogen-bond donors (Lipinski definition) is 1. The molecule has 0 aliphatic rings. The largest absolute Gasteiger partial charge is 0.383 e. The van der Waals surface area contributed by atoms with Gasteiger partial charge >= 0.3 is 0 Å². The molecule has 0 saturated carbocycles. The van der Waals surface area contributed by atoms with Crippen LogP contribution in [0.3, 0.4) is 0 Å². The predicted octanol–water partition coefficient (Wildman–Crippen LogP) is 3.04. The average Bonchev–Trinajstić information content (AvgIpc) is 2.42. The van der Waals surface area contributed by atoms with E-state index in [2.05, 4.69) is 31.0 Å². The highest BCUT2D eigenvalue weighted by Crippen LogP contribution is 2.23. The molecule has 0 spiro atoms. The third kappa shape index (κ3) is 5.10. The van der Waals surface area contributed by atoms with Gasteiger partial charge in [-0.25, -0.2) is 4.39 Å². The second-order valence-corrected chi connectivity index (χ2v) is 5.33. The van der Waals surface area contributed by atoms with E-state index in [9.17, 15) is 4.39 Å². The summed E-state index contributed by atoms with van der Waals surface area (Å²) < 4.78 is 19.2. The van der Waals surface area contributed by atoms with Crippen molar-refractivity contribution in [2.45, 2.75) is 27.3 Å². The summed E-state index contributed by atoms with van der Waals surface area (Å²) in [5, 5.41) is 3.32. The highest BCUT2D eigenvalue weighted by molar-refractivity contribution is 5.54. The topological polar surface area (TPSA) is 24.5 Å². The Labute approximate surface area is 122 Å². The number of anilines is 1. The molecule has 0 aliphatic carbocycles. The van der Waals surface area contributed by atoms with E-state index >= 15 is 0 Å². The van der Waals surface area contributed by atoms with Crippen molar-refractivity contribution in [3.05, 3.63) is 29.6 Å². The molecule has 1 rings (SSSR count). The Kier molecular flexibility index (Phi) is 7.55. The van der Waals surface area contributed by atoms with E-state index in [4.69, 9.17) is 4.74 Å². The zero-order valence-corrected chi connectivity index (χ0v) is 13.1. The lowest BCUT2D eigenvalue weighted by atomic mass is 10.1. The van der Waals surface area contributed by atoms with Gasteiger partial charge in [0, 0.05) is 38.0 Å². The van der Waals surface area contributed by atoms with Gasteiger partial charge in [-0.3, -0.25) is 0 Å². The molecule has 0 saturated heterocycles. The fraction of sp³-hybridized carbons (Fsp3) is 0.625. The maximum absolute atomic E-state index is 14.1. The minimum absolute atomic E-state index is 0.144. The summed E-state index contributed by atoms with van der Waals surface area (Å²) in [5.41, 5.74) is 1.70. The molecule has 0 unspecified atom stereocenters. The summed E-state index contributed by atoms with van der Waals surface area (Å²) in [7, 11) is 1.69. The van der Waals surface area contributed by atoms with Crippen LogP contribution >= 0.6 is 0 Å². The highest BCUT2D eigenvalue weighted by atomic mass is 19.1. The summed E-state index contributed by atoms with van der Waals surface area (Å²) in [6.07, 6.45) is 0. The van der Waals surface area contributed by atoms with Crippen molar-refractivity contribution in [2.75, 3.05) is 38.3 Å². The summed E-state index contributed by atoms with van der Waals surface area (Å²) in [6, 6.07) is 5.28. The van der Waals surface area contributed by atoms with E-state index in [-0.39, 0.29) is 5.82 Å². The quantitative estimate of drug-likeness (QED) is 0.753. The van der Waals surface area contributed by atoms with Gasteiger partial charge in [-0.15, -0.1) is 0 Å². The Morgan fingerprint density at radius 3 is 2.70 bits per heavy atom. The third-order valence-electron chi connectivity index (χ3n) is 3.24. The number of ether oxygens (including phenoxy) is 1. The fourth-order valence-electron chi connectivity index (χ4n) is 2.15. The molecule has 0 radical (unpaired) electrons. The van der Waals surface area contributed by atoms with Crippen LogP contribution in [0.25, 0.3) is 0 Å². The fourth-order valence-corrected chi connectivity index (χ4v) is 2.15. The Hall–Kier alpha value is -1.13. The molecule has 0 aliphatic heterocycles. The molecule has 0 fully saturated rings. The van der Waals surface area contributed by atoms with Gasteiger partial charge in [-0.1, -0.05) is 19.9 Å². The Balaban J connectivity index is 2.85. The van der Waals surface area contributed by atoms with Crippen LogP contribution in [0.2, 0.25) is 0 Å².